The van der Waals surface area contributed by atoms with Crippen LogP contribution in [0.2, 0.25) is 0 Å². The zero-order chi connectivity index (χ0) is 16.8. The molecule has 1 N–H and O–H groups in total. The van der Waals surface area contributed by atoms with Crippen molar-refractivity contribution in [1.82, 2.24) is 4.57 Å². The summed E-state index contributed by atoms with van der Waals surface area (Å²) in [5.41, 5.74) is 0.566. The van der Waals surface area contributed by atoms with Crippen molar-refractivity contribution in [1.29, 1.82) is 0 Å². The fraction of sp³-hybridized carbons (Fsp3) is 0.312. The molecule has 7 nitrogen and oxygen atoms in total. The first-order chi connectivity index (χ1) is 11.0. The van der Waals surface area contributed by atoms with Crippen LogP contribution in [0.15, 0.2) is 47.4 Å². The van der Waals surface area contributed by atoms with E-state index in [1.165, 1.54) is 5.56 Å². The van der Waals surface area contributed by atoms with Gasteiger partial charge in [0.05, 0.1) is 17.7 Å². The zero-order valence-corrected chi connectivity index (χ0v) is 12.7. The van der Waals surface area contributed by atoms with E-state index in [2.05, 4.69) is 6.92 Å². The van der Waals surface area contributed by atoms with E-state index in [4.69, 9.17) is 4.74 Å². The molecule has 23 heavy (non-hydrogen) atoms. The average Bonchev–Trinajstić information content (AvgIpc) is 2.55. The molecule has 1 aromatic heterocycles. The number of aryl methyl sites for hydroxylation is 1. The summed E-state index contributed by atoms with van der Waals surface area (Å²) in [4.78, 5) is 21.8. The van der Waals surface area contributed by atoms with Gasteiger partial charge >= 0.3 is 0 Å². The SMILES string of the molecule is CCc1ccc(OCC(O)Cn2cc([N+](=O)[O-])ccc2=O)cc1. The molecule has 1 aromatic carbocycles. The Kier molecular flexibility index (Phi) is 5.48. The Hall–Kier alpha value is -2.67. The maximum Gasteiger partial charge on any atom is 0.285 e. The summed E-state index contributed by atoms with van der Waals surface area (Å²) in [6.07, 6.45) is 1.08. The highest BCUT2D eigenvalue weighted by atomic mass is 16.6. The first-order valence-electron chi connectivity index (χ1n) is 7.24. The van der Waals surface area contributed by atoms with Crippen molar-refractivity contribution in [2.45, 2.75) is 26.0 Å². The van der Waals surface area contributed by atoms with E-state index in [0.717, 1.165) is 29.3 Å². The van der Waals surface area contributed by atoms with Crippen LogP contribution in [0.25, 0.3) is 0 Å². The number of ether oxygens (including phenoxy) is 1. The monoisotopic (exact) mass is 318 g/mol. The number of nitrogens with zero attached hydrogens (tertiary/aromatic N) is 2. The third kappa shape index (κ3) is 4.65. The summed E-state index contributed by atoms with van der Waals surface area (Å²) in [5, 5.41) is 20.7. The van der Waals surface area contributed by atoms with E-state index in [-0.39, 0.29) is 18.8 Å². The van der Waals surface area contributed by atoms with Crippen LogP contribution in [0.3, 0.4) is 0 Å². The summed E-state index contributed by atoms with van der Waals surface area (Å²) >= 11 is 0. The molecule has 122 valence electrons. The molecule has 1 atom stereocenters. The summed E-state index contributed by atoms with van der Waals surface area (Å²) < 4.78 is 6.56. The highest BCUT2D eigenvalue weighted by Gasteiger charge is 2.12. The number of aromatic nitrogens is 1. The van der Waals surface area contributed by atoms with Crippen LogP contribution in [0.1, 0.15) is 12.5 Å². The van der Waals surface area contributed by atoms with Gasteiger partial charge in [-0.15, -0.1) is 0 Å². The van der Waals surface area contributed by atoms with Gasteiger partial charge in [-0.05, 0) is 24.1 Å². The van der Waals surface area contributed by atoms with Gasteiger partial charge in [0.25, 0.3) is 11.2 Å². The average molecular weight is 318 g/mol. The Bertz CT molecular complexity index is 724. The second-order valence-electron chi connectivity index (χ2n) is 5.10. The van der Waals surface area contributed by atoms with E-state index in [1.807, 2.05) is 24.3 Å². The Morgan fingerprint density at radius 3 is 2.57 bits per heavy atom. The van der Waals surface area contributed by atoms with Crippen LogP contribution < -0.4 is 10.3 Å². The lowest BCUT2D eigenvalue weighted by atomic mass is 10.2. The van der Waals surface area contributed by atoms with E-state index in [0.29, 0.717) is 5.75 Å². The normalized spacial score (nSPS) is 11.9. The predicted octanol–water partition coefficient (Wildman–Crippen LogP) is 1.76. The molecule has 0 spiro atoms. The second kappa shape index (κ2) is 7.55. The minimum atomic E-state index is -0.958. The van der Waals surface area contributed by atoms with E-state index >= 15 is 0 Å². The van der Waals surface area contributed by atoms with Crippen molar-refractivity contribution in [2.24, 2.45) is 0 Å². The fourth-order valence-electron chi connectivity index (χ4n) is 2.06. The van der Waals surface area contributed by atoms with Crippen molar-refractivity contribution < 1.29 is 14.8 Å². The molecular formula is C16H18N2O5. The van der Waals surface area contributed by atoms with Gasteiger partial charge < -0.3 is 14.4 Å². The molecule has 1 heterocycles. The number of hydrogen-bond acceptors (Lipinski definition) is 5. The summed E-state index contributed by atoms with van der Waals surface area (Å²) in [7, 11) is 0. The molecule has 2 rings (SSSR count). The lowest BCUT2D eigenvalue weighted by molar-refractivity contribution is -0.385. The summed E-state index contributed by atoms with van der Waals surface area (Å²) in [6.45, 7) is 1.96. The number of pyridine rings is 1. The van der Waals surface area contributed by atoms with Crippen LogP contribution in [0, 0.1) is 10.1 Å². The van der Waals surface area contributed by atoms with Crippen LogP contribution in [-0.2, 0) is 13.0 Å². The van der Waals surface area contributed by atoms with Gasteiger partial charge in [0.2, 0.25) is 0 Å². The zero-order valence-electron chi connectivity index (χ0n) is 12.7. The number of rotatable bonds is 7. The molecular weight excluding hydrogens is 300 g/mol. The molecule has 1 unspecified atom stereocenters. The van der Waals surface area contributed by atoms with Crippen molar-refractivity contribution in [3.63, 3.8) is 0 Å². The Balaban J connectivity index is 1.96. The van der Waals surface area contributed by atoms with Crippen LogP contribution in [-0.4, -0.2) is 27.3 Å². The number of aliphatic hydroxyl groups excluding tert-OH is 1. The first kappa shape index (κ1) is 16.7. The lowest BCUT2D eigenvalue weighted by Gasteiger charge is -2.14. The standard InChI is InChI=1S/C16H18N2O5/c1-2-12-3-6-15(7-4-12)23-11-14(19)10-17-9-13(18(21)22)5-8-16(17)20/h3-9,14,19H,2,10-11H2,1H3. The molecule has 0 aliphatic carbocycles. The van der Waals surface area contributed by atoms with E-state index < -0.39 is 16.6 Å². The number of hydrogen-bond donors (Lipinski definition) is 1. The van der Waals surface area contributed by atoms with Crippen molar-refractivity contribution in [3.8, 4) is 5.75 Å². The van der Waals surface area contributed by atoms with Gasteiger partial charge in [0.15, 0.2) is 0 Å². The summed E-state index contributed by atoms with van der Waals surface area (Å²) in [5.74, 6) is 0.618. The molecule has 0 bridgehead atoms. The molecule has 2 aromatic rings. The van der Waals surface area contributed by atoms with E-state index in [9.17, 15) is 20.0 Å². The van der Waals surface area contributed by atoms with Gasteiger partial charge in [0.1, 0.15) is 18.5 Å². The largest absolute Gasteiger partial charge is 0.491 e. The third-order valence-electron chi connectivity index (χ3n) is 3.36. The molecule has 0 saturated heterocycles. The second-order valence-corrected chi connectivity index (χ2v) is 5.10. The quantitative estimate of drug-likeness (QED) is 0.620. The molecule has 0 aliphatic rings. The van der Waals surface area contributed by atoms with Crippen LogP contribution in [0.4, 0.5) is 5.69 Å². The maximum absolute atomic E-state index is 11.7. The molecule has 0 fully saturated rings. The predicted molar refractivity (Wildman–Crippen MR) is 84.7 cm³/mol. The molecule has 0 saturated carbocycles. The van der Waals surface area contributed by atoms with Crippen molar-refractivity contribution >= 4 is 5.69 Å². The number of nitro groups is 1. The Morgan fingerprint density at radius 1 is 1.26 bits per heavy atom. The minimum Gasteiger partial charge on any atom is -0.491 e. The fourth-order valence-corrected chi connectivity index (χ4v) is 2.06. The minimum absolute atomic E-state index is 0.0133. The van der Waals surface area contributed by atoms with Crippen LogP contribution >= 0.6 is 0 Å². The topological polar surface area (TPSA) is 94.6 Å². The Morgan fingerprint density at radius 2 is 1.96 bits per heavy atom. The van der Waals surface area contributed by atoms with Crippen molar-refractivity contribution in [2.75, 3.05) is 6.61 Å². The molecule has 7 heteroatoms. The maximum atomic E-state index is 11.7. The molecule has 0 amide bonds. The van der Waals surface area contributed by atoms with E-state index in [1.54, 1.807) is 0 Å². The lowest BCUT2D eigenvalue weighted by Crippen LogP contribution is -2.29. The van der Waals surface area contributed by atoms with Gasteiger partial charge in [0, 0.05) is 12.1 Å². The first-order valence-corrected chi connectivity index (χ1v) is 7.24. The highest BCUT2D eigenvalue weighted by Crippen LogP contribution is 2.13. The molecule has 0 aliphatic heterocycles. The Labute approximate surface area is 132 Å². The number of benzene rings is 1. The van der Waals surface area contributed by atoms with Crippen molar-refractivity contribution in [3.05, 3.63) is 68.6 Å². The van der Waals surface area contributed by atoms with Gasteiger partial charge in [-0.3, -0.25) is 14.9 Å². The van der Waals surface area contributed by atoms with Gasteiger partial charge in [-0.25, -0.2) is 0 Å². The van der Waals surface area contributed by atoms with Gasteiger partial charge in [-0.2, -0.15) is 0 Å². The highest BCUT2D eigenvalue weighted by molar-refractivity contribution is 5.27. The van der Waals surface area contributed by atoms with Crippen LogP contribution in [0.5, 0.6) is 5.75 Å². The summed E-state index contributed by atoms with van der Waals surface area (Å²) in [6, 6.07) is 9.74. The molecule has 0 radical (unpaired) electrons. The van der Waals surface area contributed by atoms with Gasteiger partial charge in [-0.1, -0.05) is 19.1 Å². The number of aliphatic hydroxyl groups is 1. The smallest absolute Gasteiger partial charge is 0.285 e. The third-order valence-corrected chi connectivity index (χ3v) is 3.36.